The lowest BCUT2D eigenvalue weighted by Crippen LogP contribution is -2.24. The molecule has 2 aliphatic heterocycles. The molecule has 0 unspecified atom stereocenters. The highest BCUT2D eigenvalue weighted by Gasteiger charge is 2.06. The predicted octanol–water partition coefficient (Wildman–Crippen LogP) is 3.10. The van der Waals surface area contributed by atoms with Crippen LogP contribution in [0.2, 0.25) is 0 Å². The number of hydrazone groups is 2. The van der Waals surface area contributed by atoms with Crippen molar-refractivity contribution in [2.24, 2.45) is 10.2 Å². The Hall–Kier alpha value is -1.06. The first-order valence-corrected chi connectivity index (χ1v) is 8.00. The molecule has 0 aromatic heterocycles. The number of hydrogen-bond donors (Lipinski definition) is 0. The summed E-state index contributed by atoms with van der Waals surface area (Å²) in [7, 11) is 0. The van der Waals surface area contributed by atoms with Crippen LogP contribution in [0.15, 0.2) is 10.2 Å². The topological polar surface area (TPSA) is 31.2 Å². The van der Waals surface area contributed by atoms with Gasteiger partial charge in [-0.25, -0.2) is 0 Å². The second-order valence-corrected chi connectivity index (χ2v) is 5.56. The van der Waals surface area contributed by atoms with Crippen molar-refractivity contribution in [2.45, 2.75) is 57.8 Å². The van der Waals surface area contributed by atoms with E-state index in [4.69, 9.17) is 0 Å². The summed E-state index contributed by atoms with van der Waals surface area (Å²) in [5.41, 5.74) is 0. The van der Waals surface area contributed by atoms with Crippen molar-refractivity contribution in [1.82, 2.24) is 10.0 Å². The van der Waals surface area contributed by atoms with Gasteiger partial charge in [-0.1, -0.05) is 0 Å². The Kier molecular flexibility index (Phi) is 6.75. The zero-order valence-electron chi connectivity index (χ0n) is 12.1. The third kappa shape index (κ3) is 6.08. The van der Waals surface area contributed by atoms with Crippen molar-refractivity contribution >= 4 is 12.4 Å². The van der Waals surface area contributed by atoms with Crippen LogP contribution in [0.25, 0.3) is 0 Å². The van der Waals surface area contributed by atoms with Gasteiger partial charge in [-0.2, -0.15) is 10.2 Å². The lowest BCUT2D eigenvalue weighted by molar-refractivity contribution is 0.239. The summed E-state index contributed by atoms with van der Waals surface area (Å²) >= 11 is 0. The van der Waals surface area contributed by atoms with Crippen LogP contribution in [-0.4, -0.2) is 48.6 Å². The van der Waals surface area contributed by atoms with Crippen LogP contribution in [0.5, 0.6) is 0 Å². The average Bonchev–Trinajstić information content (AvgIpc) is 2.48. The van der Waals surface area contributed by atoms with Crippen LogP contribution in [-0.2, 0) is 0 Å². The number of piperidine rings is 2. The molecule has 0 aromatic rings. The van der Waals surface area contributed by atoms with Crippen LogP contribution in [0, 0.1) is 0 Å². The fourth-order valence-electron chi connectivity index (χ4n) is 2.63. The number of rotatable bonds is 6. The quantitative estimate of drug-likeness (QED) is 0.545. The van der Waals surface area contributed by atoms with Crippen molar-refractivity contribution < 1.29 is 0 Å². The van der Waals surface area contributed by atoms with Crippen molar-refractivity contribution in [2.75, 3.05) is 26.2 Å². The van der Waals surface area contributed by atoms with Crippen molar-refractivity contribution in [1.29, 1.82) is 0 Å². The molecule has 0 aliphatic carbocycles. The predicted molar refractivity (Wildman–Crippen MR) is 81.7 cm³/mol. The Morgan fingerprint density at radius 1 is 0.632 bits per heavy atom. The summed E-state index contributed by atoms with van der Waals surface area (Å²) < 4.78 is 0. The molecule has 0 aromatic carbocycles. The molecule has 108 valence electrons. The van der Waals surface area contributed by atoms with Gasteiger partial charge >= 0.3 is 0 Å². The van der Waals surface area contributed by atoms with E-state index in [9.17, 15) is 0 Å². The van der Waals surface area contributed by atoms with Crippen molar-refractivity contribution in [3.8, 4) is 0 Å². The van der Waals surface area contributed by atoms with Gasteiger partial charge in [0.2, 0.25) is 0 Å². The zero-order chi connectivity index (χ0) is 13.2. The van der Waals surface area contributed by atoms with Gasteiger partial charge in [0.05, 0.1) is 0 Å². The van der Waals surface area contributed by atoms with Crippen LogP contribution in [0.3, 0.4) is 0 Å². The van der Waals surface area contributed by atoms with E-state index < -0.39 is 0 Å². The maximum atomic E-state index is 4.52. The van der Waals surface area contributed by atoms with Crippen LogP contribution in [0.4, 0.5) is 0 Å². The molecule has 0 spiro atoms. The number of hydrogen-bond acceptors (Lipinski definition) is 4. The van der Waals surface area contributed by atoms with Gasteiger partial charge in [-0.15, -0.1) is 0 Å². The SMILES string of the molecule is C(/CCC/C=N/N1CCCCC1)=N\N1CCCCC1. The standard InChI is InChI=1S/C15H28N4/c1(4-10-16-18-12-6-2-7-13-18)5-11-17-19-14-8-3-9-15-19/h10-11H,1-9,12-15H2/b16-10+,17-11+. The maximum absolute atomic E-state index is 4.52. The second kappa shape index (κ2) is 8.94. The summed E-state index contributed by atoms with van der Waals surface area (Å²) in [5, 5.41) is 13.5. The van der Waals surface area contributed by atoms with Gasteiger partial charge in [-0.3, -0.25) is 10.0 Å². The molecule has 2 fully saturated rings. The minimum absolute atomic E-state index is 1.07. The fraction of sp³-hybridized carbons (Fsp3) is 0.867. The van der Waals surface area contributed by atoms with Gasteiger partial charge in [0.15, 0.2) is 0 Å². The molecule has 2 saturated heterocycles. The van der Waals surface area contributed by atoms with Crippen LogP contribution in [0.1, 0.15) is 57.8 Å². The Bertz CT molecular complexity index is 248. The first-order chi connectivity index (χ1) is 9.45. The van der Waals surface area contributed by atoms with Gasteiger partial charge in [0.25, 0.3) is 0 Å². The molecule has 19 heavy (non-hydrogen) atoms. The summed E-state index contributed by atoms with van der Waals surface area (Å²) in [6, 6.07) is 0. The molecule has 4 nitrogen and oxygen atoms in total. The van der Waals surface area contributed by atoms with E-state index >= 15 is 0 Å². The van der Waals surface area contributed by atoms with E-state index in [-0.39, 0.29) is 0 Å². The molecule has 2 aliphatic rings. The monoisotopic (exact) mass is 264 g/mol. The Morgan fingerprint density at radius 2 is 1.05 bits per heavy atom. The van der Waals surface area contributed by atoms with E-state index in [1.807, 2.05) is 0 Å². The van der Waals surface area contributed by atoms with Gasteiger partial charge in [0, 0.05) is 38.6 Å². The molecule has 0 amide bonds. The highest BCUT2D eigenvalue weighted by atomic mass is 15.4. The van der Waals surface area contributed by atoms with E-state index in [1.165, 1.54) is 38.5 Å². The molecule has 0 N–H and O–H groups in total. The number of nitrogens with zero attached hydrogens (tertiary/aromatic N) is 4. The first kappa shape index (κ1) is 14.4. The molecule has 4 heteroatoms. The smallest absolute Gasteiger partial charge is 0.0360 e. The molecule has 0 radical (unpaired) electrons. The molecular formula is C15H28N4. The van der Waals surface area contributed by atoms with Crippen molar-refractivity contribution in [3.63, 3.8) is 0 Å². The highest BCUT2D eigenvalue weighted by Crippen LogP contribution is 2.09. The lowest BCUT2D eigenvalue weighted by atomic mass is 10.2. The van der Waals surface area contributed by atoms with Gasteiger partial charge in [-0.05, 0) is 57.8 Å². The normalized spacial score (nSPS) is 21.7. The Labute approximate surface area is 117 Å². The molecule has 0 atom stereocenters. The fourth-order valence-corrected chi connectivity index (χ4v) is 2.63. The Morgan fingerprint density at radius 3 is 1.47 bits per heavy atom. The van der Waals surface area contributed by atoms with E-state index in [2.05, 4.69) is 32.6 Å². The van der Waals surface area contributed by atoms with Crippen molar-refractivity contribution in [3.05, 3.63) is 0 Å². The zero-order valence-corrected chi connectivity index (χ0v) is 12.1. The largest absolute Gasteiger partial charge is 0.297 e. The highest BCUT2D eigenvalue weighted by molar-refractivity contribution is 5.60. The third-order valence-electron chi connectivity index (χ3n) is 3.82. The van der Waals surface area contributed by atoms with Crippen LogP contribution >= 0.6 is 0 Å². The maximum Gasteiger partial charge on any atom is 0.0360 e. The molecule has 0 saturated carbocycles. The van der Waals surface area contributed by atoms with Gasteiger partial charge < -0.3 is 0 Å². The van der Waals surface area contributed by atoms with E-state index in [0.29, 0.717) is 0 Å². The summed E-state index contributed by atoms with van der Waals surface area (Å²) in [5.74, 6) is 0. The average molecular weight is 264 g/mol. The van der Waals surface area contributed by atoms with Crippen LogP contribution < -0.4 is 0 Å². The molecule has 0 bridgehead atoms. The minimum Gasteiger partial charge on any atom is -0.297 e. The summed E-state index contributed by atoms with van der Waals surface area (Å²) in [6.45, 7) is 4.58. The second-order valence-electron chi connectivity index (χ2n) is 5.56. The lowest BCUT2D eigenvalue weighted by Gasteiger charge is -2.23. The molecule has 2 heterocycles. The first-order valence-electron chi connectivity index (χ1n) is 8.00. The molecular weight excluding hydrogens is 236 g/mol. The Balaban J connectivity index is 1.49. The third-order valence-corrected chi connectivity index (χ3v) is 3.82. The van der Waals surface area contributed by atoms with E-state index in [0.717, 1.165) is 45.4 Å². The van der Waals surface area contributed by atoms with E-state index in [1.54, 1.807) is 0 Å². The van der Waals surface area contributed by atoms with Gasteiger partial charge in [0.1, 0.15) is 0 Å². The number of unbranched alkanes of at least 4 members (excludes halogenated alkanes) is 2. The summed E-state index contributed by atoms with van der Waals surface area (Å²) in [4.78, 5) is 0. The molecule has 2 rings (SSSR count). The summed E-state index contributed by atoms with van der Waals surface area (Å²) in [6.07, 6.45) is 15.4. The minimum atomic E-state index is 1.07.